The standard InChI is InChI=1S/C22H18N2O4S/c1-2-24-17-10-18-19(28-13-27-18)11-20(17)29-22(24)23-21(25)12-26-16-8-7-14-5-3-4-6-15(14)9-16/h3-11H,2,12-13H2,1H3. The van der Waals surface area contributed by atoms with Crippen LogP contribution in [0.2, 0.25) is 0 Å². The van der Waals surface area contributed by atoms with Crippen LogP contribution in [0, 0.1) is 0 Å². The number of amides is 1. The predicted molar refractivity (Wildman–Crippen MR) is 112 cm³/mol. The third kappa shape index (κ3) is 3.34. The topological polar surface area (TPSA) is 62.1 Å². The molecule has 0 aliphatic carbocycles. The van der Waals surface area contributed by atoms with Crippen molar-refractivity contribution >= 4 is 38.2 Å². The summed E-state index contributed by atoms with van der Waals surface area (Å²) in [4.78, 5) is 17.4. The summed E-state index contributed by atoms with van der Waals surface area (Å²) in [6, 6.07) is 17.7. The molecule has 2 heterocycles. The van der Waals surface area contributed by atoms with Gasteiger partial charge in [0.25, 0.3) is 5.91 Å². The molecule has 0 atom stereocenters. The molecule has 1 amide bonds. The molecule has 1 aliphatic rings. The molecule has 4 aromatic rings. The monoisotopic (exact) mass is 406 g/mol. The Bertz CT molecular complexity index is 1310. The van der Waals surface area contributed by atoms with Crippen LogP contribution in [-0.2, 0) is 11.3 Å². The van der Waals surface area contributed by atoms with E-state index in [-0.39, 0.29) is 19.3 Å². The molecule has 7 heteroatoms. The molecule has 0 saturated carbocycles. The van der Waals surface area contributed by atoms with E-state index in [9.17, 15) is 4.79 Å². The minimum atomic E-state index is -0.327. The van der Waals surface area contributed by atoms with Gasteiger partial charge in [0.2, 0.25) is 6.79 Å². The third-order valence-corrected chi connectivity index (χ3v) is 5.84. The van der Waals surface area contributed by atoms with E-state index in [0.29, 0.717) is 17.1 Å². The van der Waals surface area contributed by atoms with Crippen molar-refractivity contribution in [2.24, 2.45) is 4.99 Å². The maximum Gasteiger partial charge on any atom is 0.286 e. The van der Waals surface area contributed by atoms with Crippen LogP contribution in [0.15, 0.2) is 59.6 Å². The lowest BCUT2D eigenvalue weighted by atomic mass is 10.1. The highest BCUT2D eigenvalue weighted by atomic mass is 32.1. The van der Waals surface area contributed by atoms with Crippen molar-refractivity contribution in [3.8, 4) is 17.2 Å². The molecule has 5 rings (SSSR count). The number of benzene rings is 3. The Morgan fingerprint density at radius 2 is 1.90 bits per heavy atom. The first-order chi connectivity index (χ1) is 14.2. The zero-order valence-corrected chi connectivity index (χ0v) is 16.6. The summed E-state index contributed by atoms with van der Waals surface area (Å²) in [7, 11) is 0. The zero-order chi connectivity index (χ0) is 19.8. The molecular formula is C22H18N2O4S. The van der Waals surface area contributed by atoms with E-state index >= 15 is 0 Å². The summed E-state index contributed by atoms with van der Waals surface area (Å²) in [5.41, 5.74) is 0.976. The summed E-state index contributed by atoms with van der Waals surface area (Å²) in [6.45, 7) is 2.84. The molecule has 0 bridgehead atoms. The Kier molecular flexibility index (Phi) is 4.44. The summed E-state index contributed by atoms with van der Waals surface area (Å²) in [5.74, 6) is 1.76. The Morgan fingerprint density at radius 1 is 1.10 bits per heavy atom. The number of fused-ring (bicyclic) bond motifs is 3. The number of thiazole rings is 1. The number of rotatable bonds is 4. The molecule has 6 nitrogen and oxygen atoms in total. The van der Waals surface area contributed by atoms with E-state index in [0.717, 1.165) is 32.5 Å². The van der Waals surface area contributed by atoms with Crippen molar-refractivity contribution in [1.82, 2.24) is 4.57 Å². The minimum absolute atomic E-state index is 0.112. The van der Waals surface area contributed by atoms with Gasteiger partial charge in [0.15, 0.2) is 22.9 Å². The summed E-state index contributed by atoms with van der Waals surface area (Å²) in [5, 5.41) is 2.20. The lowest BCUT2D eigenvalue weighted by Gasteiger charge is -2.05. The van der Waals surface area contributed by atoms with Crippen LogP contribution in [0.4, 0.5) is 0 Å². The minimum Gasteiger partial charge on any atom is -0.484 e. The fraction of sp³-hybridized carbons (Fsp3) is 0.182. The predicted octanol–water partition coefficient (Wildman–Crippen LogP) is 4.11. The molecule has 0 saturated heterocycles. The first-order valence-electron chi connectivity index (χ1n) is 9.33. The van der Waals surface area contributed by atoms with Crippen molar-refractivity contribution in [3.05, 3.63) is 59.4 Å². The number of hydrogen-bond acceptors (Lipinski definition) is 5. The summed E-state index contributed by atoms with van der Waals surface area (Å²) in [6.07, 6.45) is 0. The number of aromatic nitrogens is 1. The van der Waals surface area contributed by atoms with Crippen LogP contribution in [0.25, 0.3) is 21.0 Å². The van der Waals surface area contributed by atoms with Crippen LogP contribution in [0.5, 0.6) is 17.2 Å². The fourth-order valence-corrected chi connectivity index (χ4v) is 4.51. The molecule has 1 aromatic heterocycles. The Balaban J connectivity index is 1.40. The maximum atomic E-state index is 12.4. The molecule has 3 aromatic carbocycles. The van der Waals surface area contributed by atoms with E-state index < -0.39 is 0 Å². The van der Waals surface area contributed by atoms with Gasteiger partial charge in [-0.2, -0.15) is 4.99 Å². The molecular weight excluding hydrogens is 388 g/mol. The lowest BCUT2D eigenvalue weighted by molar-refractivity contribution is -0.120. The molecule has 0 radical (unpaired) electrons. The summed E-state index contributed by atoms with van der Waals surface area (Å²) < 4.78 is 19.6. The van der Waals surface area contributed by atoms with E-state index in [1.165, 1.54) is 11.3 Å². The van der Waals surface area contributed by atoms with E-state index in [1.54, 1.807) is 0 Å². The second-order valence-electron chi connectivity index (χ2n) is 6.61. The van der Waals surface area contributed by atoms with Crippen LogP contribution >= 0.6 is 11.3 Å². The number of carbonyl (C=O) groups excluding carboxylic acids is 1. The van der Waals surface area contributed by atoms with Crippen LogP contribution < -0.4 is 19.0 Å². The first-order valence-corrected chi connectivity index (χ1v) is 10.1. The molecule has 0 fully saturated rings. The average Bonchev–Trinajstić information content (AvgIpc) is 3.33. The van der Waals surface area contributed by atoms with Crippen LogP contribution in [-0.4, -0.2) is 23.9 Å². The van der Waals surface area contributed by atoms with Crippen LogP contribution in [0.1, 0.15) is 6.92 Å². The maximum absolute atomic E-state index is 12.4. The quantitative estimate of drug-likeness (QED) is 0.512. The van der Waals surface area contributed by atoms with Gasteiger partial charge in [-0.1, -0.05) is 41.7 Å². The van der Waals surface area contributed by atoms with Gasteiger partial charge in [-0.25, -0.2) is 0 Å². The highest BCUT2D eigenvalue weighted by Crippen LogP contribution is 2.36. The van der Waals surface area contributed by atoms with Crippen molar-refractivity contribution in [2.45, 2.75) is 13.5 Å². The molecule has 0 N–H and O–H groups in total. The number of ether oxygens (including phenoxy) is 3. The molecule has 146 valence electrons. The Morgan fingerprint density at radius 3 is 2.72 bits per heavy atom. The Hall–Kier alpha value is -3.32. The van der Waals surface area contributed by atoms with Gasteiger partial charge < -0.3 is 18.8 Å². The normalized spacial score (nSPS) is 13.3. The summed E-state index contributed by atoms with van der Waals surface area (Å²) >= 11 is 1.45. The van der Waals surface area contributed by atoms with Gasteiger partial charge in [0.1, 0.15) is 5.75 Å². The van der Waals surface area contributed by atoms with Gasteiger partial charge >= 0.3 is 0 Å². The number of hydrogen-bond donors (Lipinski definition) is 0. The van der Waals surface area contributed by atoms with Crippen molar-refractivity contribution < 1.29 is 19.0 Å². The molecule has 29 heavy (non-hydrogen) atoms. The third-order valence-electron chi connectivity index (χ3n) is 4.80. The van der Waals surface area contributed by atoms with E-state index in [1.807, 2.05) is 66.1 Å². The second kappa shape index (κ2) is 7.25. The van der Waals surface area contributed by atoms with E-state index in [4.69, 9.17) is 14.2 Å². The molecule has 1 aliphatic heterocycles. The van der Waals surface area contributed by atoms with Gasteiger partial charge in [0.05, 0.1) is 10.2 Å². The SMILES string of the molecule is CCn1c(=NC(=O)COc2ccc3ccccc3c2)sc2cc3c(cc21)OCO3. The molecule has 0 spiro atoms. The largest absolute Gasteiger partial charge is 0.484 e. The highest BCUT2D eigenvalue weighted by Gasteiger charge is 2.17. The molecule has 0 unspecified atom stereocenters. The Labute approximate surface area is 170 Å². The average molecular weight is 406 g/mol. The van der Waals surface area contributed by atoms with Gasteiger partial charge in [-0.15, -0.1) is 0 Å². The smallest absolute Gasteiger partial charge is 0.286 e. The lowest BCUT2D eigenvalue weighted by Crippen LogP contribution is -2.18. The van der Waals surface area contributed by atoms with Crippen molar-refractivity contribution in [2.75, 3.05) is 13.4 Å². The van der Waals surface area contributed by atoms with Crippen molar-refractivity contribution in [1.29, 1.82) is 0 Å². The van der Waals surface area contributed by atoms with Gasteiger partial charge in [-0.3, -0.25) is 4.79 Å². The second-order valence-corrected chi connectivity index (χ2v) is 7.61. The van der Waals surface area contributed by atoms with Crippen molar-refractivity contribution in [3.63, 3.8) is 0 Å². The van der Waals surface area contributed by atoms with E-state index in [2.05, 4.69) is 4.99 Å². The fourth-order valence-electron chi connectivity index (χ4n) is 3.39. The van der Waals surface area contributed by atoms with Crippen LogP contribution in [0.3, 0.4) is 0 Å². The highest BCUT2D eigenvalue weighted by molar-refractivity contribution is 7.16. The number of nitrogens with zero attached hydrogens (tertiary/aromatic N) is 2. The number of carbonyl (C=O) groups is 1. The van der Waals surface area contributed by atoms with Gasteiger partial charge in [0, 0.05) is 18.7 Å². The zero-order valence-electron chi connectivity index (χ0n) is 15.8. The first kappa shape index (κ1) is 17.8. The number of aryl methyl sites for hydroxylation is 1. The van der Waals surface area contributed by atoms with Gasteiger partial charge in [-0.05, 0) is 29.8 Å².